The van der Waals surface area contributed by atoms with E-state index in [1.807, 2.05) is 13.8 Å². The smallest absolute Gasteiger partial charge is 0.252 e. The van der Waals surface area contributed by atoms with Crippen LogP contribution in [0.15, 0.2) is 82.7 Å². The van der Waals surface area contributed by atoms with Crippen molar-refractivity contribution in [3.63, 3.8) is 0 Å². The van der Waals surface area contributed by atoms with Crippen molar-refractivity contribution < 1.29 is 27.8 Å². The second-order valence-corrected chi connectivity index (χ2v) is 13.4. The monoisotopic (exact) mass is 632 g/mol. The zero-order valence-electron chi connectivity index (χ0n) is 23.4. The molecule has 42 heavy (non-hydrogen) atoms. The number of halogens is 2. The van der Waals surface area contributed by atoms with Crippen LogP contribution in [0.3, 0.4) is 0 Å². The van der Waals surface area contributed by atoms with Crippen molar-refractivity contribution >= 4 is 44.8 Å². The minimum Gasteiger partial charge on any atom is -0.494 e. The number of aliphatic imine (C=N–C) groups is 1. The molecular formula is C31H34Cl2N2O6S. The maximum atomic E-state index is 14.1. The fourth-order valence-corrected chi connectivity index (χ4v) is 6.44. The lowest BCUT2D eigenvalue weighted by Crippen LogP contribution is -2.50. The number of carbonyl (C=O) groups is 1. The number of hydrogen-bond donors (Lipinski definition) is 2. The van der Waals surface area contributed by atoms with Crippen LogP contribution in [0.2, 0.25) is 10.0 Å². The Balaban J connectivity index is 1.78. The molecule has 8 nitrogen and oxygen atoms in total. The van der Waals surface area contributed by atoms with Crippen LogP contribution >= 0.6 is 23.2 Å². The van der Waals surface area contributed by atoms with Crippen LogP contribution in [0.5, 0.6) is 5.75 Å². The highest BCUT2D eigenvalue weighted by Crippen LogP contribution is 2.45. The van der Waals surface area contributed by atoms with Gasteiger partial charge in [-0.1, -0.05) is 61.3 Å². The number of nitrogens with zero attached hydrogens (tertiary/aromatic N) is 1. The predicted molar refractivity (Wildman–Crippen MR) is 164 cm³/mol. The molecule has 3 aromatic carbocycles. The fourth-order valence-electron chi connectivity index (χ4n) is 4.55. The van der Waals surface area contributed by atoms with Crippen LogP contribution in [0, 0.1) is 5.92 Å². The quantitative estimate of drug-likeness (QED) is 0.235. The predicted octanol–water partition coefficient (Wildman–Crippen LogP) is 5.65. The summed E-state index contributed by atoms with van der Waals surface area (Å²) in [6.45, 7) is 4.67. The molecule has 4 rings (SSSR count). The molecule has 0 spiro atoms. The molecule has 2 N–H and O–H groups in total. The van der Waals surface area contributed by atoms with E-state index in [0.29, 0.717) is 41.5 Å². The van der Waals surface area contributed by atoms with Gasteiger partial charge in [0, 0.05) is 47.2 Å². The van der Waals surface area contributed by atoms with Crippen LogP contribution in [0.25, 0.3) is 0 Å². The molecule has 1 heterocycles. The SMILES string of the molecule is CC(C)CNC(=O)[C@]1(CCS(=O)(=O)c2ccccc2)N=C(c2ccc(OCCCO)cc2)O[C@@H]1c1ccc(Cl)cc1Cl. The van der Waals surface area contributed by atoms with Gasteiger partial charge in [0.05, 0.1) is 17.3 Å². The summed E-state index contributed by atoms with van der Waals surface area (Å²) in [4.78, 5) is 19.1. The summed E-state index contributed by atoms with van der Waals surface area (Å²) in [5, 5.41) is 12.6. The van der Waals surface area contributed by atoms with E-state index in [9.17, 15) is 13.2 Å². The summed E-state index contributed by atoms with van der Waals surface area (Å²) in [5.41, 5.74) is -0.621. The van der Waals surface area contributed by atoms with Gasteiger partial charge < -0.3 is 19.9 Å². The molecule has 0 aliphatic carbocycles. The van der Waals surface area contributed by atoms with Crippen LogP contribution in [0.4, 0.5) is 0 Å². The molecule has 11 heteroatoms. The minimum atomic E-state index is -3.77. The standard InChI is InChI=1S/C31H34Cl2N2O6S/c1-21(2)20-34-30(37)31(15-18-42(38,39)25-7-4-3-5-8-25)28(26-14-11-23(32)19-27(26)33)41-29(35-31)22-9-12-24(13-10-22)40-17-6-16-36/h3-5,7-14,19,21,28,36H,6,15-18,20H2,1-2H3,(H,34,37)/t28-,31-/m1/s1. The van der Waals surface area contributed by atoms with Gasteiger partial charge in [-0.15, -0.1) is 0 Å². The van der Waals surface area contributed by atoms with Crippen molar-refractivity contribution in [2.24, 2.45) is 10.9 Å². The Labute approximate surface area is 256 Å². The third kappa shape index (κ3) is 7.45. The summed E-state index contributed by atoms with van der Waals surface area (Å²) in [5.74, 6) is 0.0870. The average molecular weight is 634 g/mol. The number of rotatable bonds is 13. The van der Waals surface area contributed by atoms with Crippen molar-refractivity contribution in [3.05, 3.63) is 94.0 Å². The Morgan fingerprint density at radius 1 is 1.10 bits per heavy atom. The first kappa shape index (κ1) is 31.8. The number of ether oxygens (including phenoxy) is 2. The van der Waals surface area contributed by atoms with Gasteiger partial charge in [-0.2, -0.15) is 0 Å². The largest absolute Gasteiger partial charge is 0.494 e. The number of carbonyl (C=O) groups excluding carboxylic acids is 1. The topological polar surface area (TPSA) is 114 Å². The van der Waals surface area contributed by atoms with Crippen molar-refractivity contribution in [1.29, 1.82) is 0 Å². The van der Waals surface area contributed by atoms with E-state index in [0.717, 1.165) is 0 Å². The van der Waals surface area contributed by atoms with Crippen molar-refractivity contribution in [3.8, 4) is 5.75 Å². The summed E-state index contributed by atoms with van der Waals surface area (Å²) < 4.78 is 38.8. The van der Waals surface area contributed by atoms with Crippen molar-refractivity contribution in [1.82, 2.24) is 5.32 Å². The van der Waals surface area contributed by atoms with E-state index in [1.165, 1.54) is 12.1 Å². The number of aliphatic hydroxyl groups is 1. The fraction of sp³-hybridized carbons (Fsp3) is 0.355. The molecule has 0 aromatic heterocycles. The number of hydrogen-bond acceptors (Lipinski definition) is 7. The highest BCUT2D eigenvalue weighted by Gasteiger charge is 2.54. The molecule has 224 valence electrons. The third-order valence-electron chi connectivity index (χ3n) is 6.80. The molecule has 0 fully saturated rings. The summed E-state index contributed by atoms with van der Waals surface area (Å²) in [6, 6.07) is 19.9. The van der Waals surface area contributed by atoms with E-state index in [-0.39, 0.29) is 40.5 Å². The molecule has 0 saturated carbocycles. The molecule has 3 aromatic rings. The van der Waals surface area contributed by atoms with Gasteiger partial charge >= 0.3 is 0 Å². The Kier molecular flexibility index (Phi) is 10.5. The van der Waals surface area contributed by atoms with Crippen LogP contribution in [0.1, 0.15) is 43.9 Å². The lowest BCUT2D eigenvalue weighted by molar-refractivity contribution is -0.129. The summed E-state index contributed by atoms with van der Waals surface area (Å²) >= 11 is 12.8. The Bertz CT molecular complexity index is 1510. The number of aliphatic hydroxyl groups excluding tert-OH is 1. The summed E-state index contributed by atoms with van der Waals surface area (Å²) in [7, 11) is -3.77. The highest BCUT2D eigenvalue weighted by atomic mass is 35.5. The van der Waals surface area contributed by atoms with Crippen LogP contribution in [-0.4, -0.2) is 56.4 Å². The molecule has 1 amide bonds. The van der Waals surface area contributed by atoms with Crippen molar-refractivity contribution in [2.75, 3.05) is 25.5 Å². The van der Waals surface area contributed by atoms with E-state index >= 15 is 0 Å². The zero-order chi connectivity index (χ0) is 30.3. The van der Waals surface area contributed by atoms with Gasteiger partial charge in [0.1, 0.15) is 5.75 Å². The lowest BCUT2D eigenvalue weighted by atomic mass is 9.85. The number of sulfone groups is 1. The molecule has 1 aliphatic heterocycles. The maximum absolute atomic E-state index is 14.1. The van der Waals surface area contributed by atoms with E-state index in [4.69, 9.17) is 42.8 Å². The lowest BCUT2D eigenvalue weighted by Gasteiger charge is -2.31. The zero-order valence-corrected chi connectivity index (χ0v) is 25.8. The summed E-state index contributed by atoms with van der Waals surface area (Å²) in [6.07, 6.45) is -0.694. The van der Waals surface area contributed by atoms with Crippen LogP contribution < -0.4 is 10.1 Å². The van der Waals surface area contributed by atoms with E-state index in [2.05, 4.69) is 5.32 Å². The Morgan fingerprint density at radius 3 is 2.45 bits per heavy atom. The molecule has 0 unspecified atom stereocenters. The molecule has 1 aliphatic rings. The maximum Gasteiger partial charge on any atom is 0.252 e. The van der Waals surface area contributed by atoms with Crippen molar-refractivity contribution in [2.45, 2.75) is 43.2 Å². The van der Waals surface area contributed by atoms with Gasteiger partial charge in [-0.25, -0.2) is 13.4 Å². The van der Waals surface area contributed by atoms with Gasteiger partial charge in [-0.05, 0) is 54.4 Å². The Hall–Kier alpha value is -3.11. The number of amides is 1. The second kappa shape index (κ2) is 13.9. The van der Waals surface area contributed by atoms with Gasteiger partial charge in [0.15, 0.2) is 21.5 Å². The second-order valence-electron chi connectivity index (χ2n) is 10.4. The molecule has 0 bridgehead atoms. The normalized spacial score (nSPS) is 18.4. The van der Waals surface area contributed by atoms with E-state index in [1.54, 1.807) is 60.7 Å². The van der Waals surface area contributed by atoms with Crippen LogP contribution in [-0.2, 0) is 19.4 Å². The molecular weight excluding hydrogens is 599 g/mol. The number of benzene rings is 3. The minimum absolute atomic E-state index is 0.0261. The highest BCUT2D eigenvalue weighted by molar-refractivity contribution is 7.91. The number of nitrogens with one attached hydrogen (secondary N) is 1. The van der Waals surface area contributed by atoms with E-state index < -0.39 is 27.4 Å². The third-order valence-corrected chi connectivity index (χ3v) is 9.09. The average Bonchev–Trinajstić information content (AvgIpc) is 3.36. The molecule has 0 radical (unpaired) electrons. The first-order chi connectivity index (χ1) is 20.1. The van der Waals surface area contributed by atoms with Gasteiger partial charge in [0.2, 0.25) is 5.90 Å². The Morgan fingerprint density at radius 2 is 1.81 bits per heavy atom. The van der Waals surface area contributed by atoms with Gasteiger partial charge in [-0.3, -0.25) is 4.79 Å². The molecule has 0 saturated heterocycles. The van der Waals surface area contributed by atoms with Gasteiger partial charge in [0.25, 0.3) is 5.91 Å². The first-order valence-corrected chi connectivity index (χ1v) is 16.1. The molecule has 2 atom stereocenters. The first-order valence-electron chi connectivity index (χ1n) is 13.7.